The highest BCUT2D eigenvalue weighted by Gasteiger charge is 2.42. The first-order valence-corrected chi connectivity index (χ1v) is 9.82. The minimum absolute atomic E-state index is 0.0531. The van der Waals surface area contributed by atoms with Gasteiger partial charge in [-0.05, 0) is 42.5 Å². The van der Waals surface area contributed by atoms with Crippen LogP contribution in [0.3, 0.4) is 0 Å². The van der Waals surface area contributed by atoms with Crippen LogP contribution in [0.25, 0.3) is 0 Å². The lowest BCUT2D eigenvalue weighted by Crippen LogP contribution is -2.36. The Balaban J connectivity index is 1.39. The summed E-state index contributed by atoms with van der Waals surface area (Å²) in [5.74, 6) is -0.305. The van der Waals surface area contributed by atoms with Crippen molar-refractivity contribution in [2.24, 2.45) is 11.8 Å². The number of nitrogens with zero attached hydrogens (tertiary/aromatic N) is 4. The van der Waals surface area contributed by atoms with Crippen molar-refractivity contribution in [3.8, 4) is 0 Å². The van der Waals surface area contributed by atoms with Crippen LogP contribution in [-0.2, 0) is 6.54 Å². The molecule has 0 bridgehead atoms. The van der Waals surface area contributed by atoms with E-state index in [0.29, 0.717) is 40.7 Å². The molecule has 148 valence electrons. The van der Waals surface area contributed by atoms with E-state index in [0.717, 1.165) is 29.9 Å². The molecule has 9 heteroatoms. The molecule has 2 aliphatic heterocycles. The van der Waals surface area contributed by atoms with Gasteiger partial charge in [-0.15, -0.1) is 0 Å². The molecular formula is C19H20Cl2N4O3. The van der Waals surface area contributed by atoms with Crippen molar-refractivity contribution >= 4 is 35.2 Å². The summed E-state index contributed by atoms with van der Waals surface area (Å²) >= 11 is 12.4. The number of carboxylic acid groups (broad SMARTS) is 1. The summed E-state index contributed by atoms with van der Waals surface area (Å²) in [4.78, 5) is 28.0. The van der Waals surface area contributed by atoms with Gasteiger partial charge in [0.1, 0.15) is 5.56 Å². The number of likely N-dealkylation sites (tertiary alicyclic amines) is 2. The number of aryl methyl sites for hydroxylation is 1. The smallest absolute Gasteiger partial charge is 0.344 e. The largest absolute Gasteiger partial charge is 0.478 e. The molecule has 2 atom stereocenters. The van der Waals surface area contributed by atoms with E-state index in [-0.39, 0.29) is 11.6 Å². The average molecular weight is 423 g/mol. The fourth-order valence-corrected chi connectivity index (χ4v) is 4.57. The van der Waals surface area contributed by atoms with Gasteiger partial charge in [0.05, 0.1) is 11.9 Å². The zero-order chi connectivity index (χ0) is 20.0. The molecule has 0 spiro atoms. The number of hydrogen-bond acceptors (Lipinski definition) is 4. The first kappa shape index (κ1) is 19.2. The van der Waals surface area contributed by atoms with Crippen molar-refractivity contribution in [3.05, 3.63) is 51.3 Å². The summed E-state index contributed by atoms with van der Waals surface area (Å²) in [5, 5.41) is 14.6. The van der Waals surface area contributed by atoms with E-state index in [9.17, 15) is 9.59 Å². The Hall–Kier alpha value is -2.09. The van der Waals surface area contributed by atoms with E-state index in [1.165, 1.54) is 6.20 Å². The van der Waals surface area contributed by atoms with Gasteiger partial charge in [-0.3, -0.25) is 4.90 Å². The molecule has 1 aromatic heterocycles. The van der Waals surface area contributed by atoms with Crippen LogP contribution in [0.2, 0.25) is 10.0 Å². The van der Waals surface area contributed by atoms with Gasteiger partial charge in [0, 0.05) is 42.8 Å². The standard InChI is InChI=1S/C19H20Cl2N4O3/c1-11-16(18(26)27)10-25(22-11)19(28)24-8-13-6-23(7-14(13)9-24)5-12-4-15(20)2-3-17(12)21/h2-4,10,13-14H,5-9H2,1H3,(H,26,27). The molecule has 2 aliphatic rings. The fraction of sp³-hybridized carbons (Fsp3) is 0.421. The summed E-state index contributed by atoms with van der Waals surface area (Å²) in [6.07, 6.45) is 1.29. The maximum absolute atomic E-state index is 12.7. The van der Waals surface area contributed by atoms with Gasteiger partial charge >= 0.3 is 12.0 Å². The van der Waals surface area contributed by atoms with Crippen LogP contribution in [0.5, 0.6) is 0 Å². The highest BCUT2D eigenvalue weighted by molar-refractivity contribution is 6.33. The van der Waals surface area contributed by atoms with E-state index < -0.39 is 5.97 Å². The first-order valence-electron chi connectivity index (χ1n) is 9.07. The summed E-state index contributed by atoms with van der Waals surface area (Å²) in [7, 11) is 0. The van der Waals surface area contributed by atoms with Crippen molar-refractivity contribution < 1.29 is 14.7 Å². The highest BCUT2D eigenvalue weighted by atomic mass is 35.5. The molecule has 2 aromatic rings. The van der Waals surface area contributed by atoms with Crippen LogP contribution in [-0.4, -0.2) is 62.9 Å². The molecule has 2 saturated heterocycles. The number of fused-ring (bicyclic) bond motifs is 1. The van der Waals surface area contributed by atoms with Crippen LogP contribution < -0.4 is 0 Å². The zero-order valence-electron chi connectivity index (χ0n) is 15.3. The Labute approximate surface area is 172 Å². The molecule has 2 fully saturated rings. The van der Waals surface area contributed by atoms with E-state index in [2.05, 4.69) is 10.00 Å². The van der Waals surface area contributed by atoms with Crippen molar-refractivity contribution in [1.29, 1.82) is 0 Å². The number of amides is 1. The van der Waals surface area contributed by atoms with Crippen LogP contribution >= 0.6 is 23.2 Å². The van der Waals surface area contributed by atoms with Crippen LogP contribution in [0, 0.1) is 18.8 Å². The molecule has 0 saturated carbocycles. The molecule has 7 nitrogen and oxygen atoms in total. The minimum atomic E-state index is -1.08. The minimum Gasteiger partial charge on any atom is -0.478 e. The van der Waals surface area contributed by atoms with E-state index >= 15 is 0 Å². The molecule has 4 rings (SSSR count). The SMILES string of the molecule is Cc1nn(C(=O)N2CC3CN(Cc4cc(Cl)ccc4Cl)CC3C2)cc1C(=O)O. The van der Waals surface area contributed by atoms with Gasteiger partial charge in [-0.1, -0.05) is 23.2 Å². The summed E-state index contributed by atoms with van der Waals surface area (Å²) in [6, 6.07) is 5.22. The number of aromatic nitrogens is 2. The maximum Gasteiger partial charge on any atom is 0.344 e. The Bertz CT molecular complexity index is 931. The Morgan fingerprint density at radius 1 is 1.18 bits per heavy atom. The molecule has 28 heavy (non-hydrogen) atoms. The zero-order valence-corrected chi connectivity index (χ0v) is 16.8. The summed E-state index contributed by atoms with van der Waals surface area (Å²) < 4.78 is 1.14. The second-order valence-corrected chi connectivity index (χ2v) is 8.36. The van der Waals surface area contributed by atoms with Crippen molar-refractivity contribution in [2.75, 3.05) is 26.2 Å². The number of carbonyl (C=O) groups excluding carboxylic acids is 1. The normalized spacial score (nSPS) is 21.9. The fourth-order valence-electron chi connectivity index (χ4n) is 4.19. The number of rotatable bonds is 3. The summed E-state index contributed by atoms with van der Waals surface area (Å²) in [6.45, 7) is 5.38. The number of aromatic carboxylic acids is 1. The van der Waals surface area contributed by atoms with E-state index in [4.69, 9.17) is 28.3 Å². The lowest BCUT2D eigenvalue weighted by Gasteiger charge is -2.21. The van der Waals surface area contributed by atoms with Gasteiger partial charge in [-0.2, -0.15) is 9.78 Å². The highest BCUT2D eigenvalue weighted by Crippen LogP contribution is 2.33. The van der Waals surface area contributed by atoms with Crippen LogP contribution in [0.4, 0.5) is 4.79 Å². The third-order valence-electron chi connectivity index (χ3n) is 5.56. The molecule has 1 N–H and O–H groups in total. The van der Waals surface area contributed by atoms with Crippen LogP contribution in [0.1, 0.15) is 21.6 Å². The predicted octanol–water partition coefficient (Wildman–Crippen LogP) is 3.23. The Morgan fingerprint density at radius 2 is 1.86 bits per heavy atom. The second-order valence-electron chi connectivity index (χ2n) is 7.52. The summed E-state index contributed by atoms with van der Waals surface area (Å²) in [5.41, 5.74) is 1.40. The number of hydrogen-bond donors (Lipinski definition) is 1. The number of halogens is 2. The van der Waals surface area contributed by atoms with Gasteiger partial charge in [0.15, 0.2) is 0 Å². The van der Waals surface area contributed by atoms with Crippen LogP contribution in [0.15, 0.2) is 24.4 Å². The van der Waals surface area contributed by atoms with E-state index in [1.54, 1.807) is 17.9 Å². The molecule has 0 radical (unpaired) electrons. The Kier molecular flexibility index (Phi) is 5.07. The number of carboxylic acids is 1. The topological polar surface area (TPSA) is 78.7 Å². The third kappa shape index (κ3) is 3.62. The quantitative estimate of drug-likeness (QED) is 0.820. The second kappa shape index (κ2) is 7.39. The first-order chi connectivity index (χ1) is 13.3. The molecule has 0 aliphatic carbocycles. The van der Waals surface area contributed by atoms with Gasteiger partial charge in [-0.25, -0.2) is 9.59 Å². The Morgan fingerprint density at radius 3 is 2.46 bits per heavy atom. The lowest BCUT2D eigenvalue weighted by molar-refractivity contribution is 0.0696. The van der Waals surface area contributed by atoms with Crippen molar-refractivity contribution in [1.82, 2.24) is 19.6 Å². The molecule has 3 heterocycles. The molecular weight excluding hydrogens is 403 g/mol. The van der Waals surface area contributed by atoms with Gasteiger partial charge < -0.3 is 10.0 Å². The molecule has 1 amide bonds. The number of carbonyl (C=O) groups is 2. The lowest BCUT2D eigenvalue weighted by atomic mass is 10.0. The third-order valence-corrected chi connectivity index (χ3v) is 6.16. The molecule has 2 unspecified atom stereocenters. The van der Waals surface area contributed by atoms with Gasteiger partial charge in [0.25, 0.3) is 0 Å². The molecule has 1 aromatic carbocycles. The average Bonchev–Trinajstić information content (AvgIpc) is 3.30. The van der Waals surface area contributed by atoms with Crippen molar-refractivity contribution in [2.45, 2.75) is 13.5 Å². The van der Waals surface area contributed by atoms with Gasteiger partial charge in [0.2, 0.25) is 0 Å². The van der Waals surface area contributed by atoms with Crippen molar-refractivity contribution in [3.63, 3.8) is 0 Å². The number of benzene rings is 1. The predicted molar refractivity (Wildman–Crippen MR) is 105 cm³/mol. The van der Waals surface area contributed by atoms with E-state index in [1.807, 2.05) is 12.1 Å². The monoisotopic (exact) mass is 422 g/mol. The maximum atomic E-state index is 12.7.